The number of fused-ring (bicyclic) bond motifs is 1. The van der Waals surface area contributed by atoms with Crippen LogP contribution >= 0.6 is 11.6 Å². The summed E-state index contributed by atoms with van der Waals surface area (Å²) in [5.74, 6) is -0.629. The van der Waals surface area contributed by atoms with Gasteiger partial charge in [0.15, 0.2) is 0 Å². The van der Waals surface area contributed by atoms with E-state index in [1.165, 1.54) is 17.3 Å². The third kappa shape index (κ3) is 4.95. The van der Waals surface area contributed by atoms with E-state index < -0.39 is 29.6 Å². The Labute approximate surface area is 246 Å². The lowest BCUT2D eigenvalue weighted by Gasteiger charge is -2.28. The fourth-order valence-electron chi connectivity index (χ4n) is 5.63. The van der Waals surface area contributed by atoms with Crippen molar-refractivity contribution in [2.75, 3.05) is 17.2 Å². The molecule has 1 aliphatic carbocycles. The van der Waals surface area contributed by atoms with Gasteiger partial charge >= 0.3 is 0 Å². The van der Waals surface area contributed by atoms with Crippen molar-refractivity contribution in [3.63, 3.8) is 0 Å². The van der Waals surface area contributed by atoms with E-state index in [-0.39, 0.29) is 6.04 Å². The first-order valence-corrected chi connectivity index (χ1v) is 14.0. The van der Waals surface area contributed by atoms with Crippen molar-refractivity contribution in [2.24, 2.45) is 0 Å². The standard InChI is InChI=1S/C29H30ClF3N8O/c1-15-18(4-5-23(31)36-15)26(21-14-41(40-39-21)29(7-8-29)27(32)33)37-17-10-19-24(38-22-6-9-42-28(22,2)3)16(12-34)13-35-25(19)20(30)11-17/h4-5,10-11,13-14,22,26-27,37,39-40H,6-9H2,1-3H3,(H,35,38)/t22-,26-/m0/s1. The van der Waals surface area contributed by atoms with Gasteiger partial charge in [-0.15, -0.1) is 5.53 Å². The summed E-state index contributed by atoms with van der Waals surface area (Å²) in [7, 11) is 0. The Hall–Kier alpha value is -3.79. The van der Waals surface area contributed by atoms with Gasteiger partial charge in [0, 0.05) is 41.3 Å². The highest BCUT2D eigenvalue weighted by molar-refractivity contribution is 6.35. The Morgan fingerprint density at radius 1 is 1.26 bits per heavy atom. The number of hydrogen-bond acceptors (Lipinski definition) is 9. The number of aryl methyl sites for hydroxylation is 1. The lowest BCUT2D eigenvalue weighted by molar-refractivity contribution is 0.00911. The first-order valence-electron chi connectivity index (χ1n) is 13.7. The fraction of sp³-hybridized carbons (Fsp3) is 0.414. The summed E-state index contributed by atoms with van der Waals surface area (Å²) in [5.41, 5.74) is 7.75. The normalized spacial score (nSPS) is 21.2. The minimum absolute atomic E-state index is 0.0549. The highest BCUT2D eigenvalue weighted by Crippen LogP contribution is 2.47. The van der Waals surface area contributed by atoms with Crippen molar-refractivity contribution in [1.82, 2.24) is 25.9 Å². The summed E-state index contributed by atoms with van der Waals surface area (Å²) in [4.78, 5) is 8.43. The third-order valence-electron chi connectivity index (χ3n) is 8.35. The van der Waals surface area contributed by atoms with Crippen LogP contribution < -0.4 is 21.6 Å². The van der Waals surface area contributed by atoms with Crippen molar-refractivity contribution < 1.29 is 17.9 Å². The van der Waals surface area contributed by atoms with Gasteiger partial charge in [-0.1, -0.05) is 17.7 Å². The predicted octanol–water partition coefficient (Wildman–Crippen LogP) is 5.70. The van der Waals surface area contributed by atoms with E-state index in [0.29, 0.717) is 69.3 Å². The van der Waals surface area contributed by atoms with Crippen LogP contribution in [0, 0.1) is 24.2 Å². The average Bonchev–Trinajstić information content (AvgIpc) is 3.49. The molecule has 2 aliphatic heterocycles. The molecule has 42 heavy (non-hydrogen) atoms. The maximum absolute atomic E-state index is 14.0. The Balaban J connectivity index is 1.42. The molecule has 1 aromatic carbocycles. The van der Waals surface area contributed by atoms with Crippen LogP contribution in [0.1, 0.15) is 56.0 Å². The average molecular weight is 599 g/mol. The summed E-state index contributed by atoms with van der Waals surface area (Å²) in [6.45, 7) is 6.27. The van der Waals surface area contributed by atoms with Gasteiger partial charge in [0.05, 0.1) is 45.2 Å². The molecule has 0 amide bonds. The monoisotopic (exact) mass is 598 g/mol. The lowest BCUT2D eigenvalue weighted by atomic mass is 9.97. The lowest BCUT2D eigenvalue weighted by Crippen LogP contribution is -2.48. The zero-order valence-corrected chi connectivity index (χ0v) is 24.0. The molecule has 13 heteroatoms. The van der Waals surface area contributed by atoms with Crippen LogP contribution in [0.4, 0.5) is 24.5 Å². The van der Waals surface area contributed by atoms with Gasteiger partial charge in [0.25, 0.3) is 6.43 Å². The van der Waals surface area contributed by atoms with E-state index in [0.717, 1.165) is 6.42 Å². The molecule has 1 saturated heterocycles. The van der Waals surface area contributed by atoms with Gasteiger partial charge < -0.3 is 20.8 Å². The van der Waals surface area contributed by atoms with Crippen molar-refractivity contribution in [1.29, 1.82) is 5.26 Å². The number of anilines is 2. The van der Waals surface area contributed by atoms with Crippen LogP contribution in [0.5, 0.6) is 0 Å². The molecular weight excluding hydrogens is 569 g/mol. The van der Waals surface area contributed by atoms with Crippen molar-refractivity contribution in [2.45, 2.75) is 69.7 Å². The molecule has 3 aliphatic rings. The van der Waals surface area contributed by atoms with Gasteiger partial charge in [-0.05, 0) is 58.2 Å². The second-order valence-corrected chi connectivity index (χ2v) is 11.8. The quantitative estimate of drug-likeness (QED) is 0.243. The highest BCUT2D eigenvalue weighted by atomic mass is 35.5. The number of aromatic nitrogens is 2. The van der Waals surface area contributed by atoms with Crippen LogP contribution in [0.15, 0.2) is 42.4 Å². The second-order valence-electron chi connectivity index (χ2n) is 11.4. The van der Waals surface area contributed by atoms with E-state index in [2.05, 4.69) is 37.6 Å². The molecule has 0 bridgehead atoms. The summed E-state index contributed by atoms with van der Waals surface area (Å²) in [5, 5.41) is 19.2. The molecule has 220 valence electrons. The van der Waals surface area contributed by atoms with Gasteiger partial charge in [0.1, 0.15) is 11.6 Å². The Morgan fingerprint density at radius 3 is 2.69 bits per heavy atom. The van der Waals surface area contributed by atoms with Crippen LogP contribution in [0.3, 0.4) is 0 Å². The number of nitriles is 1. The number of halogens is 4. The maximum atomic E-state index is 14.0. The molecule has 1 saturated carbocycles. The number of hydrogen-bond donors (Lipinski definition) is 4. The van der Waals surface area contributed by atoms with Crippen molar-refractivity contribution in [3.8, 4) is 6.07 Å². The molecule has 2 aromatic heterocycles. The Bertz CT molecular complexity index is 1620. The van der Waals surface area contributed by atoms with Gasteiger partial charge in [-0.3, -0.25) is 9.99 Å². The summed E-state index contributed by atoms with van der Waals surface area (Å²) < 4.78 is 47.6. The molecule has 2 atom stereocenters. The topological polar surface area (TPSA) is 110 Å². The van der Waals surface area contributed by atoms with E-state index >= 15 is 0 Å². The number of alkyl halides is 2. The van der Waals surface area contributed by atoms with Gasteiger partial charge in [0.2, 0.25) is 5.95 Å². The minimum atomic E-state index is -2.54. The molecule has 0 unspecified atom stereocenters. The second kappa shape index (κ2) is 10.5. The number of nitrogens with one attached hydrogen (secondary N) is 4. The number of nitrogens with zero attached hydrogens (tertiary/aromatic N) is 4. The number of hydrazine groups is 2. The van der Waals surface area contributed by atoms with E-state index in [1.807, 2.05) is 19.9 Å². The van der Waals surface area contributed by atoms with Crippen molar-refractivity contribution >= 4 is 33.9 Å². The van der Waals surface area contributed by atoms with Crippen LogP contribution in [0.25, 0.3) is 10.9 Å². The first kappa shape index (κ1) is 28.3. The third-order valence-corrected chi connectivity index (χ3v) is 8.63. The molecule has 0 radical (unpaired) electrons. The molecule has 4 N–H and O–H groups in total. The van der Waals surface area contributed by atoms with E-state index in [9.17, 15) is 18.4 Å². The Kier molecular flexibility index (Phi) is 7.07. The van der Waals surface area contributed by atoms with Gasteiger partial charge in [-0.2, -0.15) is 9.65 Å². The van der Waals surface area contributed by atoms with Crippen molar-refractivity contribution in [3.05, 3.63) is 70.2 Å². The first-order chi connectivity index (χ1) is 20.0. The summed E-state index contributed by atoms with van der Waals surface area (Å²) in [6.07, 6.45) is 2.03. The maximum Gasteiger partial charge on any atom is 0.262 e. The number of ether oxygens (including phenoxy) is 1. The Morgan fingerprint density at radius 2 is 2.05 bits per heavy atom. The molecule has 3 aromatic rings. The van der Waals surface area contributed by atoms with Crippen LogP contribution in [-0.4, -0.2) is 45.2 Å². The smallest absolute Gasteiger partial charge is 0.262 e. The fourth-order valence-corrected chi connectivity index (χ4v) is 5.90. The largest absolute Gasteiger partial charge is 0.378 e. The predicted molar refractivity (Wildman–Crippen MR) is 153 cm³/mol. The molecule has 0 spiro atoms. The zero-order chi connectivity index (χ0) is 29.8. The highest BCUT2D eigenvalue weighted by Gasteiger charge is 2.56. The van der Waals surface area contributed by atoms with Crippen LogP contribution in [0.2, 0.25) is 5.02 Å². The van der Waals surface area contributed by atoms with Crippen LogP contribution in [-0.2, 0) is 4.74 Å². The number of benzene rings is 1. The molecular formula is C29H30ClF3N8O. The molecule has 2 fully saturated rings. The number of rotatable bonds is 8. The van der Waals surface area contributed by atoms with E-state index in [1.54, 1.807) is 25.3 Å². The molecule has 4 heterocycles. The molecule has 9 nitrogen and oxygen atoms in total. The number of pyridine rings is 2. The SMILES string of the molecule is Cc1nc(F)ccc1[C@H](Nc1cc(Cl)c2ncc(C#N)c(N[C@H]3CCOC3(C)C)c2c1)C1=CN(C2(C(F)F)CC2)NN1. The summed E-state index contributed by atoms with van der Waals surface area (Å²) in [6, 6.07) is 7.91. The molecule has 6 rings (SSSR count). The summed E-state index contributed by atoms with van der Waals surface area (Å²) >= 11 is 6.74. The van der Waals surface area contributed by atoms with E-state index in [4.69, 9.17) is 16.3 Å². The minimum Gasteiger partial charge on any atom is -0.378 e. The van der Waals surface area contributed by atoms with Gasteiger partial charge in [-0.25, -0.2) is 13.8 Å². The zero-order valence-electron chi connectivity index (χ0n) is 23.2.